The summed E-state index contributed by atoms with van der Waals surface area (Å²) in [6.07, 6.45) is 1.77. The molecule has 3 aromatic rings. The zero-order valence-electron chi connectivity index (χ0n) is 18.1. The normalized spacial score (nSPS) is 11.2. The SMILES string of the molecule is CCNC(=NCCCn1c(C)nc2ccccc21)NCCCNC(=O)c1cccs1.I. The average Bonchev–Trinajstić information content (AvgIpc) is 3.38. The van der Waals surface area contributed by atoms with E-state index < -0.39 is 0 Å². The van der Waals surface area contributed by atoms with Crippen LogP contribution < -0.4 is 16.0 Å². The predicted octanol–water partition coefficient (Wildman–Crippen LogP) is 3.79. The molecule has 9 heteroatoms. The van der Waals surface area contributed by atoms with Crippen LogP contribution in [0.4, 0.5) is 0 Å². The monoisotopic (exact) mass is 554 g/mol. The summed E-state index contributed by atoms with van der Waals surface area (Å²) < 4.78 is 2.25. The second-order valence-electron chi connectivity index (χ2n) is 6.93. The lowest BCUT2D eigenvalue weighted by Crippen LogP contribution is -2.39. The Labute approximate surface area is 204 Å². The molecule has 2 aromatic heterocycles. The molecule has 0 bridgehead atoms. The van der Waals surface area contributed by atoms with Crippen molar-refractivity contribution in [3.8, 4) is 0 Å². The van der Waals surface area contributed by atoms with E-state index in [-0.39, 0.29) is 29.9 Å². The van der Waals surface area contributed by atoms with Crippen LogP contribution in [0.3, 0.4) is 0 Å². The zero-order chi connectivity index (χ0) is 21.2. The largest absolute Gasteiger partial charge is 0.357 e. The number of carbonyl (C=O) groups is 1. The summed E-state index contributed by atoms with van der Waals surface area (Å²) in [5.41, 5.74) is 2.22. The van der Waals surface area contributed by atoms with Crippen molar-refractivity contribution in [1.29, 1.82) is 0 Å². The van der Waals surface area contributed by atoms with Crippen molar-refractivity contribution in [3.05, 3.63) is 52.5 Å². The number of nitrogens with one attached hydrogen (secondary N) is 3. The number of para-hydroxylation sites is 2. The predicted molar refractivity (Wildman–Crippen MR) is 140 cm³/mol. The summed E-state index contributed by atoms with van der Waals surface area (Å²) in [6.45, 7) is 7.93. The highest BCUT2D eigenvalue weighted by Gasteiger charge is 2.06. The van der Waals surface area contributed by atoms with Gasteiger partial charge in [-0.3, -0.25) is 9.79 Å². The maximum Gasteiger partial charge on any atom is 0.261 e. The van der Waals surface area contributed by atoms with Crippen LogP contribution in [0.2, 0.25) is 0 Å². The number of aliphatic imine (C=N–C) groups is 1. The molecule has 0 radical (unpaired) electrons. The Kier molecular flexibility index (Phi) is 10.8. The van der Waals surface area contributed by atoms with Gasteiger partial charge in [-0.25, -0.2) is 4.98 Å². The van der Waals surface area contributed by atoms with E-state index in [9.17, 15) is 4.79 Å². The van der Waals surface area contributed by atoms with Gasteiger partial charge in [-0.05, 0) is 50.3 Å². The number of rotatable bonds is 10. The molecule has 0 fully saturated rings. The summed E-state index contributed by atoms with van der Waals surface area (Å²) >= 11 is 1.46. The first-order valence-electron chi connectivity index (χ1n) is 10.4. The number of benzene rings is 1. The highest BCUT2D eigenvalue weighted by Crippen LogP contribution is 2.15. The molecule has 0 saturated heterocycles. The molecule has 1 aromatic carbocycles. The molecule has 2 heterocycles. The van der Waals surface area contributed by atoms with Gasteiger partial charge in [0.15, 0.2) is 5.96 Å². The lowest BCUT2D eigenvalue weighted by Gasteiger charge is -2.12. The maximum atomic E-state index is 11.9. The Morgan fingerprint density at radius 3 is 2.68 bits per heavy atom. The number of imidazole rings is 1. The van der Waals surface area contributed by atoms with Crippen molar-refractivity contribution in [2.75, 3.05) is 26.2 Å². The van der Waals surface area contributed by atoms with E-state index in [1.165, 1.54) is 16.9 Å². The minimum absolute atomic E-state index is 0. The maximum absolute atomic E-state index is 11.9. The van der Waals surface area contributed by atoms with E-state index >= 15 is 0 Å². The van der Waals surface area contributed by atoms with Gasteiger partial charge in [-0.15, -0.1) is 35.3 Å². The van der Waals surface area contributed by atoms with Crippen molar-refractivity contribution in [3.63, 3.8) is 0 Å². The summed E-state index contributed by atoms with van der Waals surface area (Å²) in [5, 5.41) is 11.5. The lowest BCUT2D eigenvalue weighted by molar-refractivity contribution is 0.0957. The summed E-state index contributed by atoms with van der Waals surface area (Å²) in [6, 6.07) is 12.0. The number of aryl methyl sites for hydroxylation is 2. The number of halogens is 1. The smallest absolute Gasteiger partial charge is 0.261 e. The Morgan fingerprint density at radius 1 is 1.10 bits per heavy atom. The van der Waals surface area contributed by atoms with E-state index in [1.54, 1.807) is 0 Å². The van der Waals surface area contributed by atoms with E-state index in [0.717, 1.165) is 61.2 Å². The fourth-order valence-corrected chi connectivity index (χ4v) is 3.87. The van der Waals surface area contributed by atoms with Crippen molar-refractivity contribution in [2.24, 2.45) is 4.99 Å². The molecular weight excluding hydrogens is 523 g/mol. The topological polar surface area (TPSA) is 83.3 Å². The van der Waals surface area contributed by atoms with Gasteiger partial charge in [0, 0.05) is 32.7 Å². The Bertz CT molecular complexity index is 970. The third-order valence-corrected chi connectivity index (χ3v) is 5.54. The zero-order valence-corrected chi connectivity index (χ0v) is 21.2. The van der Waals surface area contributed by atoms with Gasteiger partial charge in [0.1, 0.15) is 5.82 Å². The van der Waals surface area contributed by atoms with Crippen LogP contribution >= 0.6 is 35.3 Å². The molecule has 0 aliphatic rings. The average molecular weight is 555 g/mol. The van der Waals surface area contributed by atoms with Gasteiger partial charge in [0.25, 0.3) is 5.91 Å². The van der Waals surface area contributed by atoms with Gasteiger partial charge in [-0.2, -0.15) is 0 Å². The van der Waals surface area contributed by atoms with Crippen LogP contribution in [0.25, 0.3) is 11.0 Å². The van der Waals surface area contributed by atoms with Crippen molar-refractivity contribution >= 4 is 58.2 Å². The van der Waals surface area contributed by atoms with Crippen molar-refractivity contribution in [2.45, 2.75) is 33.2 Å². The number of amides is 1. The molecule has 0 spiro atoms. The number of hydrogen-bond acceptors (Lipinski definition) is 4. The van der Waals surface area contributed by atoms with Crippen LogP contribution in [0.1, 0.15) is 35.3 Å². The van der Waals surface area contributed by atoms with E-state index in [2.05, 4.69) is 43.5 Å². The number of fused-ring (bicyclic) bond motifs is 1. The summed E-state index contributed by atoms with van der Waals surface area (Å²) in [7, 11) is 0. The molecule has 0 aliphatic carbocycles. The number of nitrogens with zero attached hydrogens (tertiary/aromatic N) is 3. The minimum Gasteiger partial charge on any atom is -0.357 e. The fourth-order valence-electron chi connectivity index (χ4n) is 3.23. The van der Waals surface area contributed by atoms with E-state index in [0.29, 0.717) is 6.54 Å². The summed E-state index contributed by atoms with van der Waals surface area (Å²) in [5.74, 6) is 1.84. The van der Waals surface area contributed by atoms with Gasteiger partial charge in [0.2, 0.25) is 0 Å². The molecule has 7 nitrogen and oxygen atoms in total. The number of aromatic nitrogens is 2. The second-order valence-corrected chi connectivity index (χ2v) is 7.87. The molecule has 1 amide bonds. The number of carbonyl (C=O) groups excluding carboxylic acids is 1. The molecule has 168 valence electrons. The van der Waals surface area contributed by atoms with Gasteiger partial charge >= 0.3 is 0 Å². The lowest BCUT2D eigenvalue weighted by atomic mass is 10.3. The van der Waals surface area contributed by atoms with Crippen LogP contribution in [-0.4, -0.2) is 47.6 Å². The minimum atomic E-state index is -0.00658. The van der Waals surface area contributed by atoms with E-state index in [1.807, 2.05) is 42.6 Å². The van der Waals surface area contributed by atoms with Crippen molar-refractivity contribution < 1.29 is 4.79 Å². The highest BCUT2D eigenvalue weighted by atomic mass is 127. The van der Waals surface area contributed by atoms with Crippen LogP contribution in [0, 0.1) is 6.92 Å². The van der Waals surface area contributed by atoms with Crippen LogP contribution in [0.15, 0.2) is 46.8 Å². The molecule has 0 atom stereocenters. The van der Waals surface area contributed by atoms with Crippen LogP contribution in [-0.2, 0) is 6.54 Å². The third-order valence-electron chi connectivity index (χ3n) is 4.68. The third kappa shape index (κ3) is 7.49. The molecule has 0 saturated carbocycles. The van der Waals surface area contributed by atoms with Gasteiger partial charge in [-0.1, -0.05) is 18.2 Å². The van der Waals surface area contributed by atoms with Gasteiger partial charge < -0.3 is 20.5 Å². The quantitative estimate of drug-likeness (QED) is 0.154. The molecular formula is C22H31IN6OS. The molecule has 31 heavy (non-hydrogen) atoms. The first kappa shape index (κ1) is 25.1. The van der Waals surface area contributed by atoms with Gasteiger partial charge in [0.05, 0.1) is 15.9 Å². The molecule has 0 aliphatic heterocycles. The van der Waals surface area contributed by atoms with Crippen molar-refractivity contribution in [1.82, 2.24) is 25.5 Å². The first-order chi connectivity index (χ1) is 14.7. The highest BCUT2D eigenvalue weighted by molar-refractivity contribution is 14.0. The molecule has 3 rings (SSSR count). The van der Waals surface area contributed by atoms with E-state index in [4.69, 9.17) is 0 Å². The Balaban J connectivity index is 0.00000341. The first-order valence-corrected chi connectivity index (χ1v) is 11.3. The molecule has 0 unspecified atom stereocenters. The number of hydrogen-bond donors (Lipinski definition) is 3. The second kappa shape index (κ2) is 13.3. The number of guanidine groups is 1. The number of thiophene rings is 1. The Hall–Kier alpha value is -2.14. The fraction of sp³-hybridized carbons (Fsp3) is 0.409. The standard InChI is InChI=1S/C22H30N6OS.HI/c1-3-23-22(25-13-7-12-24-21(29)20-11-6-16-30-20)26-14-8-15-28-17(2)27-18-9-4-5-10-19(18)28;/h4-6,9-11,16H,3,7-8,12-15H2,1-2H3,(H,24,29)(H2,23,25,26);1H. The molecule has 3 N–H and O–H groups in total. The summed E-state index contributed by atoms with van der Waals surface area (Å²) in [4.78, 5) is 22.0. The Morgan fingerprint density at radius 2 is 1.90 bits per heavy atom. The van der Waals surface area contributed by atoms with Crippen LogP contribution in [0.5, 0.6) is 0 Å².